The molecule has 2 amide bonds. The predicted octanol–water partition coefficient (Wildman–Crippen LogP) is 3.22. The van der Waals surface area contributed by atoms with E-state index in [0.29, 0.717) is 16.5 Å². The third-order valence-electron chi connectivity index (χ3n) is 2.93. The van der Waals surface area contributed by atoms with Crippen LogP contribution in [-0.2, 0) is 4.74 Å². The van der Waals surface area contributed by atoms with Crippen molar-refractivity contribution in [3.05, 3.63) is 44.7 Å². The number of rotatable bonds is 4. The Morgan fingerprint density at radius 1 is 1.36 bits per heavy atom. The Kier molecular flexibility index (Phi) is 5.32. The molecule has 0 aliphatic rings. The lowest BCUT2D eigenvalue weighted by Gasteiger charge is -2.05. The van der Waals surface area contributed by atoms with Gasteiger partial charge in [0.2, 0.25) is 5.43 Å². The smallest absolute Gasteiger partial charge is 0.414 e. The van der Waals surface area contributed by atoms with Crippen LogP contribution in [0.4, 0.5) is 4.79 Å². The van der Waals surface area contributed by atoms with E-state index in [4.69, 9.17) is 9.15 Å². The molecule has 0 unspecified atom stereocenters. The number of benzene rings is 1. The SMILES string of the molecule is CCCCOC(=O)NC(=O)c1coc2ccc(Br)cc2c1=O. The largest absolute Gasteiger partial charge is 0.463 e. The van der Waals surface area contributed by atoms with Crippen LogP contribution in [-0.4, -0.2) is 18.6 Å². The van der Waals surface area contributed by atoms with Gasteiger partial charge in [0.25, 0.3) is 5.91 Å². The van der Waals surface area contributed by atoms with Crippen LogP contribution in [0.2, 0.25) is 0 Å². The summed E-state index contributed by atoms with van der Waals surface area (Å²) >= 11 is 3.25. The molecule has 116 valence electrons. The summed E-state index contributed by atoms with van der Waals surface area (Å²) in [5.41, 5.74) is -0.408. The molecular formula is C15H14BrNO5. The molecule has 0 aliphatic heterocycles. The average Bonchev–Trinajstić information content (AvgIpc) is 2.48. The molecule has 1 heterocycles. The van der Waals surface area contributed by atoms with Gasteiger partial charge in [0.15, 0.2) is 0 Å². The highest BCUT2D eigenvalue weighted by molar-refractivity contribution is 9.10. The zero-order valence-electron chi connectivity index (χ0n) is 11.8. The van der Waals surface area contributed by atoms with Crippen LogP contribution < -0.4 is 10.7 Å². The molecule has 1 aromatic heterocycles. The topological polar surface area (TPSA) is 85.6 Å². The molecule has 1 N–H and O–H groups in total. The number of nitrogens with one attached hydrogen (secondary N) is 1. The van der Waals surface area contributed by atoms with Gasteiger partial charge in [0.05, 0.1) is 12.0 Å². The molecule has 22 heavy (non-hydrogen) atoms. The molecule has 0 atom stereocenters. The highest BCUT2D eigenvalue weighted by Crippen LogP contribution is 2.17. The summed E-state index contributed by atoms with van der Waals surface area (Å²) in [6.07, 6.45) is 1.72. The lowest BCUT2D eigenvalue weighted by molar-refractivity contribution is 0.0916. The van der Waals surface area contributed by atoms with E-state index in [9.17, 15) is 14.4 Å². The molecule has 0 radical (unpaired) electrons. The van der Waals surface area contributed by atoms with Gasteiger partial charge in [-0.3, -0.25) is 14.9 Å². The van der Waals surface area contributed by atoms with E-state index in [-0.39, 0.29) is 17.6 Å². The second kappa shape index (κ2) is 7.22. The van der Waals surface area contributed by atoms with E-state index in [2.05, 4.69) is 15.9 Å². The Balaban J connectivity index is 2.20. The van der Waals surface area contributed by atoms with Gasteiger partial charge in [0, 0.05) is 4.47 Å². The average molecular weight is 368 g/mol. The fraction of sp³-hybridized carbons (Fsp3) is 0.267. The number of carbonyl (C=O) groups excluding carboxylic acids is 2. The third kappa shape index (κ3) is 3.73. The summed E-state index contributed by atoms with van der Waals surface area (Å²) in [6.45, 7) is 2.17. The predicted molar refractivity (Wildman–Crippen MR) is 83.9 cm³/mol. The van der Waals surface area contributed by atoms with Crippen LogP contribution in [0.1, 0.15) is 30.1 Å². The van der Waals surface area contributed by atoms with Gasteiger partial charge in [-0.2, -0.15) is 0 Å². The van der Waals surface area contributed by atoms with Crippen molar-refractivity contribution in [1.29, 1.82) is 0 Å². The highest BCUT2D eigenvalue weighted by Gasteiger charge is 2.17. The number of imide groups is 1. The zero-order valence-corrected chi connectivity index (χ0v) is 13.4. The number of carbonyl (C=O) groups is 2. The van der Waals surface area contributed by atoms with Crippen molar-refractivity contribution in [2.24, 2.45) is 0 Å². The molecule has 6 nitrogen and oxygen atoms in total. The number of hydrogen-bond acceptors (Lipinski definition) is 5. The van der Waals surface area contributed by atoms with Crippen molar-refractivity contribution >= 4 is 38.9 Å². The number of hydrogen-bond donors (Lipinski definition) is 1. The van der Waals surface area contributed by atoms with Gasteiger partial charge in [-0.15, -0.1) is 0 Å². The van der Waals surface area contributed by atoms with Crippen LogP contribution >= 0.6 is 15.9 Å². The molecule has 0 fully saturated rings. The second-order valence-corrected chi connectivity index (χ2v) is 5.48. The van der Waals surface area contributed by atoms with E-state index in [0.717, 1.165) is 12.7 Å². The van der Waals surface area contributed by atoms with Crippen LogP contribution in [0.5, 0.6) is 0 Å². The van der Waals surface area contributed by atoms with Gasteiger partial charge < -0.3 is 9.15 Å². The van der Waals surface area contributed by atoms with Crippen LogP contribution in [0.3, 0.4) is 0 Å². The van der Waals surface area contributed by atoms with Crippen LogP contribution in [0, 0.1) is 0 Å². The normalized spacial score (nSPS) is 10.5. The molecule has 2 aromatic rings. The van der Waals surface area contributed by atoms with Crippen LogP contribution in [0.15, 0.2) is 38.1 Å². The molecule has 0 aliphatic carbocycles. The van der Waals surface area contributed by atoms with Crippen molar-refractivity contribution in [3.63, 3.8) is 0 Å². The second-order valence-electron chi connectivity index (χ2n) is 4.56. The van der Waals surface area contributed by atoms with E-state index < -0.39 is 17.4 Å². The first-order valence-corrected chi connectivity index (χ1v) is 7.51. The third-order valence-corrected chi connectivity index (χ3v) is 3.42. The Bertz CT molecular complexity index is 768. The number of halogens is 1. The van der Waals surface area contributed by atoms with Crippen LogP contribution in [0.25, 0.3) is 11.0 Å². The Morgan fingerprint density at radius 2 is 2.14 bits per heavy atom. The summed E-state index contributed by atoms with van der Waals surface area (Å²) in [4.78, 5) is 35.7. The molecule has 0 bridgehead atoms. The van der Waals surface area contributed by atoms with Crippen molar-refractivity contribution in [1.82, 2.24) is 5.32 Å². The summed E-state index contributed by atoms with van der Waals surface area (Å²) in [5.74, 6) is -0.850. The lowest BCUT2D eigenvalue weighted by Crippen LogP contribution is -2.34. The van der Waals surface area contributed by atoms with Crippen molar-refractivity contribution < 1.29 is 18.7 Å². The van der Waals surface area contributed by atoms with Gasteiger partial charge in [-0.25, -0.2) is 4.79 Å². The quantitative estimate of drug-likeness (QED) is 0.838. The first-order valence-electron chi connectivity index (χ1n) is 6.72. The number of unbranched alkanes of at least 4 members (excludes halogenated alkanes) is 1. The van der Waals surface area contributed by atoms with Crippen molar-refractivity contribution in [2.75, 3.05) is 6.61 Å². The first-order chi connectivity index (χ1) is 10.5. The maximum atomic E-state index is 12.3. The van der Waals surface area contributed by atoms with E-state index in [1.54, 1.807) is 18.2 Å². The van der Waals surface area contributed by atoms with E-state index in [1.807, 2.05) is 12.2 Å². The van der Waals surface area contributed by atoms with E-state index in [1.165, 1.54) is 0 Å². The maximum Gasteiger partial charge on any atom is 0.414 e. The highest BCUT2D eigenvalue weighted by atomic mass is 79.9. The minimum absolute atomic E-state index is 0.217. The number of fused-ring (bicyclic) bond motifs is 1. The summed E-state index contributed by atoms with van der Waals surface area (Å²) in [7, 11) is 0. The molecule has 0 saturated heterocycles. The number of ether oxygens (including phenoxy) is 1. The fourth-order valence-electron chi connectivity index (χ4n) is 1.77. The summed E-state index contributed by atoms with van der Waals surface area (Å²) in [6, 6.07) is 4.88. The molecule has 2 rings (SSSR count). The number of amides is 2. The molecular weight excluding hydrogens is 354 g/mol. The van der Waals surface area contributed by atoms with E-state index >= 15 is 0 Å². The Labute approximate surface area is 134 Å². The maximum absolute atomic E-state index is 12.3. The fourth-order valence-corrected chi connectivity index (χ4v) is 2.13. The first kappa shape index (κ1) is 16.2. The number of alkyl carbamates (subject to hydrolysis) is 1. The standard InChI is InChI=1S/C15H14BrNO5/c1-2-3-6-21-15(20)17-14(19)11-8-22-12-5-4-9(16)7-10(12)13(11)18/h4-5,7-8H,2-3,6H2,1H3,(H,17,19,20). The van der Waals surface area contributed by atoms with Gasteiger partial charge in [0.1, 0.15) is 17.4 Å². The minimum Gasteiger partial charge on any atom is -0.463 e. The van der Waals surface area contributed by atoms with Gasteiger partial charge in [-0.05, 0) is 24.6 Å². The molecule has 0 saturated carbocycles. The zero-order chi connectivity index (χ0) is 16.1. The van der Waals surface area contributed by atoms with Crippen molar-refractivity contribution in [3.8, 4) is 0 Å². The lowest BCUT2D eigenvalue weighted by atomic mass is 10.1. The monoisotopic (exact) mass is 367 g/mol. The molecule has 1 aromatic carbocycles. The van der Waals surface area contributed by atoms with Crippen molar-refractivity contribution in [2.45, 2.75) is 19.8 Å². The molecule has 0 spiro atoms. The summed E-state index contributed by atoms with van der Waals surface area (Å²) < 4.78 is 10.7. The van der Waals surface area contributed by atoms with Gasteiger partial charge >= 0.3 is 6.09 Å². The summed E-state index contributed by atoms with van der Waals surface area (Å²) in [5, 5.41) is 2.25. The van der Waals surface area contributed by atoms with Gasteiger partial charge in [-0.1, -0.05) is 29.3 Å². The Hall–Kier alpha value is -2.15. The minimum atomic E-state index is -0.882. The molecule has 7 heteroatoms. The Morgan fingerprint density at radius 3 is 2.86 bits per heavy atom.